The van der Waals surface area contributed by atoms with Gasteiger partial charge in [0.05, 0.1) is 13.0 Å². The number of nitrogens with one attached hydrogen (secondary N) is 1. The van der Waals surface area contributed by atoms with Crippen LogP contribution in [0.5, 0.6) is 0 Å². The van der Waals surface area contributed by atoms with E-state index in [9.17, 15) is 24.0 Å². The topological polar surface area (TPSA) is 113 Å². The third kappa shape index (κ3) is 4.73. The van der Waals surface area contributed by atoms with Crippen molar-refractivity contribution in [3.63, 3.8) is 0 Å². The molecule has 0 saturated heterocycles. The molecule has 2 aliphatic rings. The molecule has 1 N–H and O–H groups in total. The predicted octanol–water partition coefficient (Wildman–Crippen LogP) is -0.508. The maximum absolute atomic E-state index is 12.4. The van der Waals surface area contributed by atoms with Gasteiger partial charge in [0.1, 0.15) is 6.54 Å². The van der Waals surface area contributed by atoms with Gasteiger partial charge in [-0.25, -0.2) is 0 Å². The van der Waals surface area contributed by atoms with Gasteiger partial charge in [-0.3, -0.25) is 28.9 Å². The van der Waals surface area contributed by atoms with Crippen LogP contribution in [0.2, 0.25) is 0 Å². The number of esters is 1. The first-order valence-electron chi connectivity index (χ1n) is 8.96. The summed E-state index contributed by atoms with van der Waals surface area (Å²) in [5.41, 5.74) is 0.982. The Morgan fingerprint density at radius 1 is 1.21 bits per heavy atom. The van der Waals surface area contributed by atoms with Gasteiger partial charge in [0.2, 0.25) is 11.8 Å². The predicted molar refractivity (Wildman–Crippen MR) is 96.0 cm³/mol. The van der Waals surface area contributed by atoms with E-state index in [0.717, 1.165) is 22.6 Å². The summed E-state index contributed by atoms with van der Waals surface area (Å²) in [6.07, 6.45) is 1.91. The molecule has 1 fully saturated rings. The number of rotatable bonds is 7. The summed E-state index contributed by atoms with van der Waals surface area (Å²) in [5, 5.41) is 2.75. The normalized spacial score (nSPS) is 15.7. The average Bonchev–Trinajstić information content (AvgIpc) is 3.46. The molecule has 1 saturated carbocycles. The highest BCUT2D eigenvalue weighted by atomic mass is 16.5. The largest absolute Gasteiger partial charge is 0.454 e. The fourth-order valence-electron chi connectivity index (χ4n) is 2.79. The lowest BCUT2D eigenvalue weighted by Gasteiger charge is -2.26. The molecule has 1 aromatic rings. The maximum atomic E-state index is 12.4. The van der Waals surface area contributed by atoms with Gasteiger partial charge in [0, 0.05) is 18.7 Å². The molecule has 0 radical (unpaired) electrons. The van der Waals surface area contributed by atoms with Crippen molar-refractivity contribution < 1.29 is 28.7 Å². The Kier molecular flexibility index (Phi) is 5.72. The summed E-state index contributed by atoms with van der Waals surface area (Å²) in [6.45, 7) is -1.27. The van der Waals surface area contributed by atoms with Crippen LogP contribution in [0.1, 0.15) is 28.8 Å². The van der Waals surface area contributed by atoms with Gasteiger partial charge in [0.15, 0.2) is 6.61 Å². The van der Waals surface area contributed by atoms with Crippen molar-refractivity contribution in [3.8, 4) is 0 Å². The molecule has 1 heterocycles. The summed E-state index contributed by atoms with van der Waals surface area (Å²) in [4.78, 5) is 62.2. The smallest absolute Gasteiger partial charge is 0.326 e. The zero-order valence-electron chi connectivity index (χ0n) is 15.5. The van der Waals surface area contributed by atoms with Crippen LogP contribution in [-0.2, 0) is 30.3 Å². The quantitative estimate of drug-likeness (QED) is 0.498. The van der Waals surface area contributed by atoms with E-state index in [1.807, 2.05) is 0 Å². The maximum Gasteiger partial charge on any atom is 0.326 e. The molecule has 0 bridgehead atoms. The molecule has 0 atom stereocenters. The first kappa shape index (κ1) is 19.5. The van der Waals surface area contributed by atoms with Gasteiger partial charge in [0.25, 0.3) is 11.8 Å². The van der Waals surface area contributed by atoms with Crippen LogP contribution in [0.3, 0.4) is 0 Å². The Morgan fingerprint density at radius 3 is 2.64 bits per heavy atom. The second kappa shape index (κ2) is 8.20. The summed E-state index contributed by atoms with van der Waals surface area (Å²) in [6, 6.07) is 6.88. The van der Waals surface area contributed by atoms with Crippen LogP contribution in [0, 0.1) is 0 Å². The van der Waals surface area contributed by atoms with E-state index in [2.05, 4.69) is 5.32 Å². The first-order chi connectivity index (χ1) is 13.3. The molecule has 1 aliphatic carbocycles. The second-order valence-electron chi connectivity index (χ2n) is 6.87. The number of likely N-dealkylation sites (N-methyl/N-ethyl adjacent to an activating group) is 1. The first-order valence-corrected chi connectivity index (χ1v) is 8.96. The Labute approximate surface area is 161 Å². The minimum absolute atomic E-state index is 0.0208. The van der Waals surface area contributed by atoms with Crippen molar-refractivity contribution in [2.45, 2.75) is 25.3 Å². The minimum Gasteiger partial charge on any atom is -0.454 e. The molecule has 9 nitrogen and oxygen atoms in total. The van der Waals surface area contributed by atoms with Crippen LogP contribution in [-0.4, -0.2) is 72.2 Å². The van der Waals surface area contributed by atoms with Gasteiger partial charge < -0.3 is 15.0 Å². The van der Waals surface area contributed by atoms with Gasteiger partial charge in [-0.2, -0.15) is 0 Å². The van der Waals surface area contributed by atoms with Crippen molar-refractivity contribution in [2.24, 2.45) is 0 Å². The lowest BCUT2D eigenvalue weighted by atomic mass is 9.98. The Morgan fingerprint density at radius 2 is 1.93 bits per heavy atom. The summed E-state index contributed by atoms with van der Waals surface area (Å²) >= 11 is 0. The third-order valence-electron chi connectivity index (χ3n) is 4.53. The highest BCUT2D eigenvalue weighted by molar-refractivity contribution is 6.11. The van der Waals surface area contributed by atoms with E-state index < -0.39 is 36.8 Å². The third-order valence-corrected chi connectivity index (χ3v) is 4.53. The van der Waals surface area contributed by atoms with Crippen LogP contribution in [0.15, 0.2) is 24.3 Å². The lowest BCUT2D eigenvalue weighted by Crippen LogP contribution is -2.46. The van der Waals surface area contributed by atoms with E-state index in [4.69, 9.17) is 4.74 Å². The molecule has 1 aromatic carbocycles. The molecule has 0 spiro atoms. The molecule has 1 aliphatic heterocycles. The van der Waals surface area contributed by atoms with Crippen LogP contribution < -0.4 is 5.32 Å². The minimum atomic E-state index is -0.870. The van der Waals surface area contributed by atoms with Crippen molar-refractivity contribution in [3.05, 3.63) is 35.4 Å². The highest BCUT2D eigenvalue weighted by Crippen LogP contribution is 2.19. The molecule has 4 amide bonds. The number of carbonyl (C=O) groups is 5. The number of benzene rings is 1. The van der Waals surface area contributed by atoms with E-state index in [0.29, 0.717) is 11.1 Å². The number of carbonyl (C=O) groups excluding carboxylic acids is 5. The van der Waals surface area contributed by atoms with Gasteiger partial charge in [-0.1, -0.05) is 18.2 Å². The van der Waals surface area contributed by atoms with Gasteiger partial charge in [-0.05, 0) is 24.5 Å². The monoisotopic (exact) mass is 387 g/mol. The average molecular weight is 387 g/mol. The molecule has 28 heavy (non-hydrogen) atoms. The molecule has 0 unspecified atom stereocenters. The number of ether oxygens (including phenoxy) is 1. The highest BCUT2D eigenvalue weighted by Gasteiger charge is 2.32. The molecule has 3 rings (SSSR count). The molecular weight excluding hydrogens is 366 g/mol. The number of hydrogen-bond acceptors (Lipinski definition) is 6. The number of imide groups is 1. The van der Waals surface area contributed by atoms with E-state index in [1.54, 1.807) is 24.3 Å². The van der Waals surface area contributed by atoms with E-state index in [-0.39, 0.29) is 24.9 Å². The molecule has 0 aromatic heterocycles. The fourth-order valence-corrected chi connectivity index (χ4v) is 2.79. The SMILES string of the molecule is CN(CC(=O)NC1CC1)C(=O)COC(=O)CN1C(=O)Cc2ccccc2C1=O. The number of hydrogen-bond donors (Lipinski definition) is 1. The number of nitrogens with zero attached hydrogens (tertiary/aromatic N) is 2. The molecule has 148 valence electrons. The zero-order chi connectivity index (χ0) is 20.3. The summed E-state index contributed by atoms with van der Waals surface area (Å²) in [7, 11) is 1.43. The van der Waals surface area contributed by atoms with Gasteiger partial charge >= 0.3 is 5.97 Å². The summed E-state index contributed by atoms with van der Waals surface area (Å²) in [5.74, 6) is -2.76. The number of amides is 4. The van der Waals surface area contributed by atoms with Crippen LogP contribution in [0.25, 0.3) is 0 Å². The van der Waals surface area contributed by atoms with Gasteiger partial charge in [-0.15, -0.1) is 0 Å². The Bertz CT molecular complexity index is 833. The Balaban J connectivity index is 1.47. The number of fused-ring (bicyclic) bond motifs is 1. The van der Waals surface area contributed by atoms with Crippen LogP contribution in [0.4, 0.5) is 0 Å². The Hall–Kier alpha value is -3.23. The zero-order valence-corrected chi connectivity index (χ0v) is 15.5. The van der Waals surface area contributed by atoms with Crippen LogP contribution >= 0.6 is 0 Å². The van der Waals surface area contributed by atoms with Crippen molar-refractivity contribution >= 4 is 29.6 Å². The second-order valence-corrected chi connectivity index (χ2v) is 6.87. The van der Waals surface area contributed by atoms with E-state index in [1.165, 1.54) is 7.05 Å². The van der Waals surface area contributed by atoms with Crippen molar-refractivity contribution in [1.29, 1.82) is 0 Å². The standard InChI is InChI=1S/C19H21N3O6/c1-21(9-15(23)20-13-6-7-13)17(25)11-28-18(26)10-22-16(24)8-12-4-2-3-5-14(12)19(22)27/h2-5,13H,6-11H2,1H3,(H,20,23). The van der Waals surface area contributed by atoms with E-state index >= 15 is 0 Å². The fraction of sp³-hybridized carbons (Fsp3) is 0.421. The van der Waals surface area contributed by atoms with Crippen molar-refractivity contribution in [2.75, 3.05) is 26.7 Å². The lowest BCUT2D eigenvalue weighted by molar-refractivity contribution is -0.154. The molecular formula is C19H21N3O6. The van der Waals surface area contributed by atoms with Crippen molar-refractivity contribution in [1.82, 2.24) is 15.1 Å². The molecule has 9 heteroatoms. The summed E-state index contributed by atoms with van der Waals surface area (Å²) < 4.78 is 4.88.